The van der Waals surface area contributed by atoms with Gasteiger partial charge < -0.3 is 5.32 Å². The fourth-order valence-corrected chi connectivity index (χ4v) is 1.49. The van der Waals surface area contributed by atoms with Crippen molar-refractivity contribution in [1.82, 2.24) is 10.2 Å². The highest BCUT2D eigenvalue weighted by atomic mass is 16.3. The first-order chi connectivity index (χ1) is 7.70. The van der Waals surface area contributed by atoms with Crippen molar-refractivity contribution in [2.24, 2.45) is 5.18 Å². The largest absolute Gasteiger partial charge is 0.324 e. The average molecular weight is 218 g/mol. The monoisotopic (exact) mass is 218 g/mol. The van der Waals surface area contributed by atoms with Gasteiger partial charge in [0.2, 0.25) is 5.91 Å². The Morgan fingerprint density at radius 2 is 2.38 bits per heavy atom. The van der Waals surface area contributed by atoms with Crippen LogP contribution >= 0.6 is 0 Å². The molecular weight excluding hydrogens is 208 g/mol. The lowest BCUT2D eigenvalue weighted by Gasteiger charge is -2.06. The SMILES string of the molecule is Cc1cc2cn[nH]c2cc1NC(=O)CN=O. The van der Waals surface area contributed by atoms with Crippen molar-refractivity contribution in [3.63, 3.8) is 0 Å². The summed E-state index contributed by atoms with van der Waals surface area (Å²) < 4.78 is 0. The lowest BCUT2D eigenvalue weighted by atomic mass is 10.1. The number of carbonyl (C=O) groups excluding carboxylic acids is 1. The number of hydrogen-bond acceptors (Lipinski definition) is 4. The molecule has 0 aliphatic carbocycles. The molecule has 1 aromatic heterocycles. The summed E-state index contributed by atoms with van der Waals surface area (Å²) in [5.74, 6) is -0.419. The van der Waals surface area contributed by atoms with Crippen molar-refractivity contribution >= 4 is 22.5 Å². The van der Waals surface area contributed by atoms with E-state index in [0.29, 0.717) is 5.69 Å². The van der Waals surface area contributed by atoms with Crippen LogP contribution in [0.4, 0.5) is 5.69 Å². The zero-order valence-corrected chi connectivity index (χ0v) is 8.65. The number of carbonyl (C=O) groups is 1. The summed E-state index contributed by atoms with van der Waals surface area (Å²) in [4.78, 5) is 21.1. The fraction of sp³-hybridized carbons (Fsp3) is 0.200. The molecule has 2 N–H and O–H groups in total. The van der Waals surface area contributed by atoms with Gasteiger partial charge in [-0.2, -0.15) is 10.0 Å². The van der Waals surface area contributed by atoms with Gasteiger partial charge in [0.15, 0.2) is 6.54 Å². The highest BCUT2D eigenvalue weighted by molar-refractivity contribution is 5.95. The second kappa shape index (κ2) is 4.09. The molecule has 0 saturated heterocycles. The van der Waals surface area contributed by atoms with Crippen molar-refractivity contribution in [1.29, 1.82) is 0 Å². The van der Waals surface area contributed by atoms with Gasteiger partial charge in [0.05, 0.1) is 11.7 Å². The standard InChI is InChI=1S/C10H10N4O2/c1-6-2-7-4-11-14-9(7)3-8(6)13-10(15)5-12-16/h2-4H,5H2,1H3,(H,11,14)(H,13,15). The highest BCUT2D eigenvalue weighted by Gasteiger charge is 2.06. The van der Waals surface area contributed by atoms with Gasteiger partial charge in [-0.3, -0.25) is 9.89 Å². The van der Waals surface area contributed by atoms with E-state index < -0.39 is 5.91 Å². The van der Waals surface area contributed by atoms with E-state index in [9.17, 15) is 9.70 Å². The van der Waals surface area contributed by atoms with E-state index in [2.05, 4.69) is 20.7 Å². The number of fused-ring (bicyclic) bond motifs is 1. The number of aromatic nitrogens is 2. The van der Waals surface area contributed by atoms with E-state index in [4.69, 9.17) is 0 Å². The van der Waals surface area contributed by atoms with Gasteiger partial charge in [-0.15, -0.1) is 0 Å². The molecule has 0 saturated carbocycles. The van der Waals surface area contributed by atoms with Gasteiger partial charge >= 0.3 is 0 Å². The lowest BCUT2D eigenvalue weighted by Crippen LogP contribution is -2.15. The predicted molar refractivity (Wildman–Crippen MR) is 60.1 cm³/mol. The van der Waals surface area contributed by atoms with Crippen LogP contribution in [0.15, 0.2) is 23.5 Å². The number of nitrogens with zero attached hydrogens (tertiary/aromatic N) is 2. The minimum Gasteiger partial charge on any atom is -0.324 e. The number of aryl methyl sites for hydroxylation is 1. The molecule has 0 bridgehead atoms. The second-order valence-corrected chi connectivity index (χ2v) is 3.46. The van der Waals surface area contributed by atoms with Gasteiger partial charge in [0, 0.05) is 11.1 Å². The van der Waals surface area contributed by atoms with E-state index >= 15 is 0 Å². The van der Waals surface area contributed by atoms with E-state index in [-0.39, 0.29) is 6.54 Å². The van der Waals surface area contributed by atoms with Crippen LogP contribution in [-0.2, 0) is 4.79 Å². The van der Waals surface area contributed by atoms with Crippen LogP contribution in [0, 0.1) is 11.8 Å². The summed E-state index contributed by atoms with van der Waals surface area (Å²) in [5.41, 5.74) is 2.40. The Morgan fingerprint density at radius 1 is 1.56 bits per heavy atom. The van der Waals surface area contributed by atoms with Crippen LogP contribution in [-0.4, -0.2) is 22.6 Å². The summed E-state index contributed by atoms with van der Waals surface area (Å²) in [6.07, 6.45) is 1.71. The Labute approximate surface area is 91.0 Å². The summed E-state index contributed by atoms with van der Waals surface area (Å²) in [5, 5.41) is 12.8. The maximum atomic E-state index is 11.2. The number of aromatic amines is 1. The topological polar surface area (TPSA) is 87.2 Å². The maximum absolute atomic E-state index is 11.2. The van der Waals surface area contributed by atoms with Crippen LogP contribution in [0.3, 0.4) is 0 Å². The summed E-state index contributed by atoms with van der Waals surface area (Å²) in [6, 6.07) is 3.68. The van der Waals surface area contributed by atoms with Crippen LogP contribution in [0.25, 0.3) is 10.9 Å². The van der Waals surface area contributed by atoms with Gasteiger partial charge in [-0.05, 0) is 24.6 Å². The van der Waals surface area contributed by atoms with Crippen molar-refractivity contribution in [2.45, 2.75) is 6.92 Å². The lowest BCUT2D eigenvalue weighted by molar-refractivity contribution is -0.114. The number of anilines is 1. The van der Waals surface area contributed by atoms with Gasteiger partial charge in [0.25, 0.3) is 0 Å². The van der Waals surface area contributed by atoms with E-state index in [1.807, 2.05) is 13.0 Å². The molecule has 6 heteroatoms. The Kier molecular flexibility index (Phi) is 2.63. The first-order valence-electron chi connectivity index (χ1n) is 4.73. The summed E-state index contributed by atoms with van der Waals surface area (Å²) in [7, 11) is 0. The molecule has 0 atom stereocenters. The molecule has 2 aromatic rings. The van der Waals surface area contributed by atoms with Gasteiger partial charge in [0.1, 0.15) is 0 Å². The molecule has 0 radical (unpaired) electrons. The minimum absolute atomic E-state index is 0.375. The molecule has 16 heavy (non-hydrogen) atoms. The Balaban J connectivity index is 2.32. The normalized spacial score (nSPS) is 10.3. The zero-order valence-electron chi connectivity index (χ0n) is 8.65. The summed E-state index contributed by atoms with van der Waals surface area (Å²) >= 11 is 0. The first kappa shape index (κ1) is 10.3. The van der Waals surface area contributed by atoms with Crippen LogP contribution < -0.4 is 5.32 Å². The third-order valence-corrected chi connectivity index (χ3v) is 2.27. The van der Waals surface area contributed by atoms with E-state index in [1.54, 1.807) is 12.3 Å². The molecule has 2 rings (SSSR count). The number of amides is 1. The Bertz CT molecular complexity index is 547. The number of benzene rings is 1. The molecular formula is C10H10N4O2. The number of nitrogens with one attached hydrogen (secondary N) is 2. The quantitative estimate of drug-likeness (QED) is 0.766. The molecule has 0 fully saturated rings. The van der Waals surface area contributed by atoms with Crippen LogP contribution in [0.5, 0.6) is 0 Å². The Morgan fingerprint density at radius 3 is 3.12 bits per heavy atom. The average Bonchev–Trinajstić information content (AvgIpc) is 2.65. The molecule has 6 nitrogen and oxygen atoms in total. The molecule has 0 aliphatic heterocycles. The summed E-state index contributed by atoms with van der Waals surface area (Å²) in [6.45, 7) is 1.50. The number of nitroso groups, excluding NO2 is 1. The van der Waals surface area contributed by atoms with E-state index in [0.717, 1.165) is 16.5 Å². The second-order valence-electron chi connectivity index (χ2n) is 3.46. The fourth-order valence-electron chi connectivity index (χ4n) is 1.49. The maximum Gasteiger partial charge on any atom is 0.249 e. The predicted octanol–water partition coefficient (Wildman–Crippen LogP) is 1.58. The molecule has 1 amide bonds. The van der Waals surface area contributed by atoms with Crippen molar-refractivity contribution < 1.29 is 4.79 Å². The minimum atomic E-state index is -0.419. The van der Waals surface area contributed by atoms with Crippen molar-refractivity contribution in [2.75, 3.05) is 11.9 Å². The number of hydrogen-bond donors (Lipinski definition) is 2. The molecule has 1 aromatic carbocycles. The Hall–Kier alpha value is -2.24. The highest BCUT2D eigenvalue weighted by Crippen LogP contribution is 2.21. The first-order valence-corrected chi connectivity index (χ1v) is 4.73. The van der Waals surface area contributed by atoms with Crippen LogP contribution in [0.2, 0.25) is 0 Å². The van der Waals surface area contributed by atoms with Crippen molar-refractivity contribution in [3.05, 3.63) is 28.8 Å². The van der Waals surface area contributed by atoms with Gasteiger partial charge in [-0.1, -0.05) is 5.18 Å². The molecule has 0 unspecified atom stereocenters. The molecule has 0 aliphatic rings. The number of rotatable bonds is 3. The molecule has 82 valence electrons. The number of H-pyrrole nitrogens is 1. The van der Waals surface area contributed by atoms with E-state index in [1.165, 1.54) is 0 Å². The van der Waals surface area contributed by atoms with Gasteiger partial charge in [-0.25, -0.2) is 0 Å². The smallest absolute Gasteiger partial charge is 0.249 e. The third kappa shape index (κ3) is 1.90. The zero-order chi connectivity index (χ0) is 11.5. The van der Waals surface area contributed by atoms with Crippen molar-refractivity contribution in [3.8, 4) is 0 Å². The third-order valence-electron chi connectivity index (χ3n) is 2.27. The molecule has 0 spiro atoms. The van der Waals surface area contributed by atoms with Crippen LogP contribution in [0.1, 0.15) is 5.56 Å². The molecule has 1 heterocycles.